The largest absolute Gasteiger partial charge is 0.375 e. The monoisotopic (exact) mass is 356 g/mol. The van der Waals surface area contributed by atoms with Gasteiger partial charge < -0.3 is 14.2 Å². The summed E-state index contributed by atoms with van der Waals surface area (Å²) in [5.74, 6) is 0.897. The second kappa shape index (κ2) is 7.17. The number of likely N-dealkylation sites (tertiary alicyclic amines) is 1. The number of aromatic nitrogens is 2. The maximum Gasteiger partial charge on any atom is 0.259 e. The van der Waals surface area contributed by atoms with E-state index in [2.05, 4.69) is 21.1 Å². The van der Waals surface area contributed by atoms with Gasteiger partial charge in [-0.1, -0.05) is 11.2 Å². The lowest BCUT2D eigenvalue weighted by molar-refractivity contribution is 0.0483. The molecule has 138 valence electrons. The molecule has 0 unspecified atom stereocenters. The van der Waals surface area contributed by atoms with Gasteiger partial charge in [0, 0.05) is 51.0 Å². The molecule has 0 aliphatic carbocycles. The highest BCUT2D eigenvalue weighted by Gasteiger charge is 2.39. The van der Waals surface area contributed by atoms with Crippen LogP contribution in [0.25, 0.3) is 0 Å². The summed E-state index contributed by atoms with van der Waals surface area (Å²) in [6.07, 6.45) is 3.80. The van der Waals surface area contributed by atoms with Gasteiger partial charge in [-0.3, -0.25) is 14.7 Å². The van der Waals surface area contributed by atoms with E-state index < -0.39 is 0 Å². The molecule has 26 heavy (non-hydrogen) atoms. The SMILES string of the molecule is Cc1noc(C)c1C(=O)N1C[C@@H]2CN(Cc3cccnc3)CCO[C@@H]2C1. The molecule has 0 bridgehead atoms. The van der Waals surface area contributed by atoms with Crippen molar-refractivity contribution in [2.24, 2.45) is 5.92 Å². The lowest BCUT2D eigenvalue weighted by Gasteiger charge is -2.23. The van der Waals surface area contributed by atoms with Crippen LogP contribution in [0.4, 0.5) is 0 Å². The molecule has 0 N–H and O–H groups in total. The minimum absolute atomic E-state index is 0.00303. The van der Waals surface area contributed by atoms with Crippen LogP contribution in [0.1, 0.15) is 27.4 Å². The normalized spacial score (nSPS) is 23.7. The molecule has 2 aromatic heterocycles. The Labute approximate surface area is 152 Å². The van der Waals surface area contributed by atoms with Gasteiger partial charge in [-0.2, -0.15) is 0 Å². The van der Waals surface area contributed by atoms with Crippen LogP contribution >= 0.6 is 0 Å². The number of aryl methyl sites for hydroxylation is 2. The van der Waals surface area contributed by atoms with E-state index in [1.54, 1.807) is 13.1 Å². The molecule has 0 aromatic carbocycles. The molecule has 4 heterocycles. The second-order valence-corrected chi connectivity index (χ2v) is 7.18. The molecule has 2 saturated heterocycles. The van der Waals surface area contributed by atoms with Crippen LogP contribution in [0.15, 0.2) is 29.0 Å². The van der Waals surface area contributed by atoms with Crippen molar-refractivity contribution in [2.75, 3.05) is 32.8 Å². The fourth-order valence-electron chi connectivity index (χ4n) is 3.97. The Kier molecular flexibility index (Phi) is 4.74. The Bertz CT molecular complexity index is 757. The van der Waals surface area contributed by atoms with Crippen LogP contribution in [0.3, 0.4) is 0 Å². The van der Waals surface area contributed by atoms with E-state index in [1.165, 1.54) is 5.56 Å². The van der Waals surface area contributed by atoms with E-state index in [0.29, 0.717) is 42.6 Å². The number of carbonyl (C=O) groups is 1. The van der Waals surface area contributed by atoms with E-state index in [4.69, 9.17) is 9.26 Å². The number of amides is 1. The third-order valence-electron chi connectivity index (χ3n) is 5.28. The van der Waals surface area contributed by atoms with Crippen molar-refractivity contribution in [1.29, 1.82) is 0 Å². The summed E-state index contributed by atoms with van der Waals surface area (Å²) in [5, 5.41) is 3.91. The number of carbonyl (C=O) groups excluding carboxylic acids is 1. The Morgan fingerprint density at radius 3 is 2.92 bits per heavy atom. The van der Waals surface area contributed by atoms with Crippen molar-refractivity contribution < 1.29 is 14.1 Å². The average Bonchev–Trinajstić information content (AvgIpc) is 3.13. The number of fused-ring (bicyclic) bond motifs is 1. The van der Waals surface area contributed by atoms with Crippen LogP contribution in [0.5, 0.6) is 0 Å². The van der Waals surface area contributed by atoms with Gasteiger partial charge >= 0.3 is 0 Å². The first-order chi connectivity index (χ1) is 12.6. The molecular weight excluding hydrogens is 332 g/mol. The van der Waals surface area contributed by atoms with Crippen LogP contribution in [0, 0.1) is 19.8 Å². The summed E-state index contributed by atoms with van der Waals surface area (Å²) in [6.45, 7) is 8.31. The summed E-state index contributed by atoms with van der Waals surface area (Å²) < 4.78 is 11.2. The van der Waals surface area contributed by atoms with Gasteiger partial charge in [-0.15, -0.1) is 0 Å². The van der Waals surface area contributed by atoms with Crippen LogP contribution in [0.2, 0.25) is 0 Å². The van der Waals surface area contributed by atoms with Crippen molar-refractivity contribution in [3.8, 4) is 0 Å². The second-order valence-electron chi connectivity index (χ2n) is 7.18. The standard InChI is InChI=1S/C19H24N4O3/c1-13-18(14(2)26-21-13)19(24)23-11-16-10-22(6-7-25-17(16)12-23)9-15-4-3-5-20-8-15/h3-5,8,16-17H,6-7,9-12H2,1-2H3/t16-,17+/m0/s1. The van der Waals surface area contributed by atoms with E-state index in [1.807, 2.05) is 24.1 Å². The number of ether oxygens (including phenoxy) is 1. The maximum atomic E-state index is 12.9. The molecule has 7 nitrogen and oxygen atoms in total. The van der Waals surface area contributed by atoms with Gasteiger partial charge in [0.1, 0.15) is 11.3 Å². The molecule has 7 heteroatoms. The summed E-state index contributed by atoms with van der Waals surface area (Å²) in [4.78, 5) is 21.4. The predicted octanol–water partition coefficient (Wildman–Crippen LogP) is 1.66. The first-order valence-electron chi connectivity index (χ1n) is 9.07. The molecule has 1 amide bonds. The third-order valence-corrected chi connectivity index (χ3v) is 5.28. The van der Waals surface area contributed by atoms with E-state index in [9.17, 15) is 4.79 Å². The molecule has 0 spiro atoms. The zero-order chi connectivity index (χ0) is 18.1. The lowest BCUT2D eigenvalue weighted by atomic mass is 10.1. The molecule has 2 aromatic rings. The van der Waals surface area contributed by atoms with Gasteiger partial charge in [0.25, 0.3) is 5.91 Å². The highest BCUT2D eigenvalue weighted by Crippen LogP contribution is 2.27. The number of hydrogen-bond acceptors (Lipinski definition) is 6. The first kappa shape index (κ1) is 17.2. The number of pyridine rings is 1. The Morgan fingerprint density at radius 2 is 2.19 bits per heavy atom. The minimum Gasteiger partial charge on any atom is -0.375 e. The van der Waals surface area contributed by atoms with E-state index >= 15 is 0 Å². The topological polar surface area (TPSA) is 71.7 Å². The van der Waals surface area contributed by atoms with Gasteiger partial charge in [-0.05, 0) is 25.5 Å². The van der Waals surface area contributed by atoms with Crippen LogP contribution < -0.4 is 0 Å². The lowest BCUT2D eigenvalue weighted by Crippen LogP contribution is -2.34. The van der Waals surface area contributed by atoms with Crippen molar-refractivity contribution >= 4 is 5.91 Å². The Morgan fingerprint density at radius 1 is 1.31 bits per heavy atom. The minimum atomic E-state index is -0.00303. The smallest absolute Gasteiger partial charge is 0.259 e. The zero-order valence-corrected chi connectivity index (χ0v) is 15.2. The zero-order valence-electron chi connectivity index (χ0n) is 15.2. The highest BCUT2D eigenvalue weighted by atomic mass is 16.5. The summed E-state index contributed by atoms with van der Waals surface area (Å²) in [6, 6.07) is 4.06. The summed E-state index contributed by atoms with van der Waals surface area (Å²) in [5.41, 5.74) is 2.44. The predicted molar refractivity (Wildman–Crippen MR) is 94.6 cm³/mol. The maximum absolute atomic E-state index is 12.9. The van der Waals surface area contributed by atoms with Gasteiger partial charge in [0.05, 0.1) is 18.4 Å². The molecule has 2 fully saturated rings. The summed E-state index contributed by atoms with van der Waals surface area (Å²) >= 11 is 0. The Hall–Kier alpha value is -2.25. The molecule has 2 aliphatic rings. The molecule has 2 atom stereocenters. The number of rotatable bonds is 3. The quantitative estimate of drug-likeness (QED) is 0.833. The van der Waals surface area contributed by atoms with Gasteiger partial charge in [0.15, 0.2) is 0 Å². The van der Waals surface area contributed by atoms with Gasteiger partial charge in [0.2, 0.25) is 0 Å². The third kappa shape index (κ3) is 3.37. The molecular formula is C19H24N4O3. The first-order valence-corrected chi connectivity index (χ1v) is 9.07. The van der Waals surface area contributed by atoms with Crippen LogP contribution in [-0.2, 0) is 11.3 Å². The van der Waals surface area contributed by atoms with E-state index in [-0.39, 0.29) is 12.0 Å². The van der Waals surface area contributed by atoms with Crippen LogP contribution in [-0.4, -0.2) is 64.7 Å². The number of hydrogen-bond donors (Lipinski definition) is 0. The fraction of sp³-hybridized carbons (Fsp3) is 0.526. The van der Waals surface area contributed by atoms with E-state index in [0.717, 1.165) is 19.6 Å². The van der Waals surface area contributed by atoms with Crippen molar-refractivity contribution in [1.82, 2.24) is 19.9 Å². The van der Waals surface area contributed by atoms with Crippen molar-refractivity contribution in [2.45, 2.75) is 26.5 Å². The molecule has 4 rings (SSSR count). The van der Waals surface area contributed by atoms with Gasteiger partial charge in [-0.25, -0.2) is 0 Å². The van der Waals surface area contributed by atoms with Crippen molar-refractivity contribution in [3.05, 3.63) is 47.1 Å². The Balaban J connectivity index is 1.44. The highest BCUT2D eigenvalue weighted by molar-refractivity contribution is 5.96. The summed E-state index contributed by atoms with van der Waals surface area (Å²) in [7, 11) is 0. The average molecular weight is 356 g/mol. The fourth-order valence-corrected chi connectivity index (χ4v) is 3.97. The molecule has 0 radical (unpaired) electrons. The molecule has 2 aliphatic heterocycles. The van der Waals surface area contributed by atoms with Crippen molar-refractivity contribution in [3.63, 3.8) is 0 Å². The molecule has 0 saturated carbocycles. The number of nitrogens with zero attached hydrogens (tertiary/aromatic N) is 4.